The zero-order valence-corrected chi connectivity index (χ0v) is 13.9. The Labute approximate surface area is 140 Å². The lowest BCUT2D eigenvalue weighted by Crippen LogP contribution is -2.29. The van der Waals surface area contributed by atoms with Gasteiger partial charge in [-0.1, -0.05) is 6.07 Å². The summed E-state index contributed by atoms with van der Waals surface area (Å²) in [7, 11) is -3.82. The van der Waals surface area contributed by atoms with Gasteiger partial charge in [-0.05, 0) is 53.9 Å². The van der Waals surface area contributed by atoms with Gasteiger partial charge in [0, 0.05) is 13.0 Å². The molecule has 7 heteroatoms. The fraction of sp³-hybridized carbons (Fsp3) is 0.294. The molecule has 0 saturated carbocycles. The molecular weight excluding hydrogens is 333 g/mol. The standard InChI is InChI=1S/C17H18FNO4S/c1-11-8-14(18)3-5-17(11)24(21,22)19-10-15(20)12-2-4-16-13(9-12)6-7-23-16/h2-5,8-9,15,19-20H,6-7,10H2,1H3. The van der Waals surface area contributed by atoms with Crippen molar-refractivity contribution in [2.24, 2.45) is 0 Å². The molecule has 0 radical (unpaired) electrons. The number of aliphatic hydroxyl groups excluding tert-OH is 1. The molecule has 0 aromatic heterocycles. The fourth-order valence-corrected chi connectivity index (χ4v) is 3.98. The van der Waals surface area contributed by atoms with Crippen molar-refractivity contribution in [3.8, 4) is 5.75 Å². The molecule has 2 aromatic carbocycles. The van der Waals surface area contributed by atoms with E-state index >= 15 is 0 Å². The summed E-state index contributed by atoms with van der Waals surface area (Å²) in [5.41, 5.74) is 1.94. The van der Waals surface area contributed by atoms with Gasteiger partial charge in [-0.3, -0.25) is 0 Å². The lowest BCUT2D eigenvalue weighted by molar-refractivity contribution is 0.182. The number of sulfonamides is 1. The summed E-state index contributed by atoms with van der Waals surface area (Å²) in [5.74, 6) is 0.306. The van der Waals surface area contributed by atoms with E-state index in [4.69, 9.17) is 4.74 Å². The number of ether oxygens (including phenoxy) is 1. The first kappa shape index (κ1) is 16.9. The molecule has 5 nitrogen and oxygen atoms in total. The van der Waals surface area contributed by atoms with Gasteiger partial charge in [0.1, 0.15) is 11.6 Å². The average Bonchev–Trinajstić information content (AvgIpc) is 2.99. The van der Waals surface area contributed by atoms with Crippen LogP contribution in [0.5, 0.6) is 5.75 Å². The van der Waals surface area contributed by atoms with Crippen molar-refractivity contribution in [2.45, 2.75) is 24.3 Å². The van der Waals surface area contributed by atoms with E-state index in [0.717, 1.165) is 29.9 Å². The van der Waals surface area contributed by atoms with Crippen LogP contribution in [0, 0.1) is 12.7 Å². The van der Waals surface area contributed by atoms with E-state index in [0.29, 0.717) is 17.7 Å². The van der Waals surface area contributed by atoms with E-state index in [-0.39, 0.29) is 11.4 Å². The summed E-state index contributed by atoms with van der Waals surface area (Å²) in [6.07, 6.45) is -0.206. The summed E-state index contributed by atoms with van der Waals surface area (Å²) in [4.78, 5) is -0.00143. The number of halogens is 1. The Bertz CT molecular complexity index is 867. The van der Waals surface area contributed by atoms with Gasteiger partial charge in [-0.25, -0.2) is 17.5 Å². The predicted octanol–water partition coefficient (Wildman–Crippen LogP) is 2.08. The smallest absolute Gasteiger partial charge is 0.240 e. The molecule has 2 aromatic rings. The quantitative estimate of drug-likeness (QED) is 0.865. The van der Waals surface area contributed by atoms with E-state index in [2.05, 4.69) is 4.72 Å². The third-order valence-corrected chi connectivity index (χ3v) is 5.58. The highest BCUT2D eigenvalue weighted by Gasteiger charge is 2.20. The molecule has 2 N–H and O–H groups in total. The molecule has 0 bridgehead atoms. The number of fused-ring (bicyclic) bond motifs is 1. The summed E-state index contributed by atoms with van der Waals surface area (Å²) in [5, 5.41) is 10.2. The first-order valence-corrected chi connectivity index (χ1v) is 9.04. The number of benzene rings is 2. The predicted molar refractivity (Wildman–Crippen MR) is 86.9 cm³/mol. The van der Waals surface area contributed by atoms with Gasteiger partial charge >= 0.3 is 0 Å². The molecule has 3 rings (SSSR count). The SMILES string of the molecule is Cc1cc(F)ccc1S(=O)(=O)NCC(O)c1ccc2c(c1)CCO2. The topological polar surface area (TPSA) is 75.6 Å². The number of hydrogen-bond acceptors (Lipinski definition) is 4. The minimum atomic E-state index is -3.82. The maximum Gasteiger partial charge on any atom is 0.240 e. The van der Waals surface area contributed by atoms with Crippen molar-refractivity contribution in [3.63, 3.8) is 0 Å². The monoisotopic (exact) mass is 351 g/mol. The van der Waals surface area contributed by atoms with Gasteiger partial charge in [0.15, 0.2) is 0 Å². The molecule has 0 fully saturated rings. The second kappa shape index (κ2) is 6.51. The van der Waals surface area contributed by atoms with E-state index in [1.807, 2.05) is 6.07 Å². The number of nitrogens with one attached hydrogen (secondary N) is 1. The average molecular weight is 351 g/mol. The second-order valence-corrected chi connectivity index (χ2v) is 7.48. The molecule has 1 unspecified atom stereocenters. The first-order chi connectivity index (χ1) is 11.4. The van der Waals surface area contributed by atoms with E-state index in [9.17, 15) is 17.9 Å². The minimum absolute atomic E-state index is 0.00143. The van der Waals surface area contributed by atoms with Gasteiger partial charge in [-0.15, -0.1) is 0 Å². The van der Waals surface area contributed by atoms with Crippen molar-refractivity contribution in [3.05, 3.63) is 58.9 Å². The highest BCUT2D eigenvalue weighted by Crippen LogP contribution is 2.28. The third kappa shape index (κ3) is 3.43. The third-order valence-electron chi connectivity index (χ3n) is 3.99. The second-order valence-electron chi connectivity index (χ2n) is 5.74. The van der Waals surface area contributed by atoms with Crippen LogP contribution in [0.25, 0.3) is 0 Å². The van der Waals surface area contributed by atoms with Crippen LogP contribution in [-0.4, -0.2) is 26.7 Å². The summed E-state index contributed by atoms with van der Waals surface area (Å²) < 4.78 is 45.5. The zero-order valence-electron chi connectivity index (χ0n) is 13.1. The van der Waals surface area contributed by atoms with E-state index in [1.165, 1.54) is 13.0 Å². The Kier molecular flexibility index (Phi) is 4.58. The maximum atomic E-state index is 13.1. The summed E-state index contributed by atoms with van der Waals surface area (Å²) in [6.45, 7) is 1.97. The lowest BCUT2D eigenvalue weighted by atomic mass is 10.0. The van der Waals surface area contributed by atoms with E-state index in [1.54, 1.807) is 12.1 Å². The van der Waals surface area contributed by atoms with Crippen molar-refractivity contribution in [1.29, 1.82) is 0 Å². The normalized spacial score (nSPS) is 15.0. The fourth-order valence-electron chi connectivity index (χ4n) is 2.71. The molecule has 1 aliphatic rings. The van der Waals surface area contributed by atoms with Crippen LogP contribution in [0.3, 0.4) is 0 Å². The Morgan fingerprint density at radius 1 is 1.29 bits per heavy atom. The molecule has 128 valence electrons. The maximum absolute atomic E-state index is 13.1. The Balaban J connectivity index is 1.72. The van der Waals surface area contributed by atoms with Gasteiger partial charge in [0.25, 0.3) is 0 Å². The molecule has 0 amide bonds. The number of rotatable bonds is 5. The molecular formula is C17H18FNO4S. The molecule has 0 aliphatic carbocycles. The van der Waals surface area contributed by atoms with Crippen LogP contribution < -0.4 is 9.46 Å². The van der Waals surface area contributed by atoms with Crippen LogP contribution in [0.15, 0.2) is 41.3 Å². The largest absolute Gasteiger partial charge is 0.493 e. The number of aryl methyl sites for hydroxylation is 1. The number of hydrogen-bond donors (Lipinski definition) is 2. The highest BCUT2D eigenvalue weighted by atomic mass is 32.2. The Morgan fingerprint density at radius 2 is 2.08 bits per heavy atom. The Hall–Kier alpha value is -1.96. The molecule has 1 heterocycles. The van der Waals surface area contributed by atoms with Gasteiger partial charge in [-0.2, -0.15) is 0 Å². The van der Waals surface area contributed by atoms with Crippen LogP contribution in [0.2, 0.25) is 0 Å². The van der Waals surface area contributed by atoms with Crippen LogP contribution in [0.4, 0.5) is 4.39 Å². The van der Waals surface area contributed by atoms with Crippen molar-refractivity contribution >= 4 is 10.0 Å². The van der Waals surface area contributed by atoms with E-state index < -0.39 is 21.9 Å². The number of aliphatic hydroxyl groups is 1. The minimum Gasteiger partial charge on any atom is -0.493 e. The Morgan fingerprint density at radius 3 is 2.83 bits per heavy atom. The molecule has 1 aliphatic heterocycles. The van der Waals surface area contributed by atoms with Gasteiger partial charge in [0.05, 0.1) is 17.6 Å². The van der Waals surface area contributed by atoms with Crippen LogP contribution >= 0.6 is 0 Å². The van der Waals surface area contributed by atoms with Gasteiger partial charge < -0.3 is 9.84 Å². The van der Waals surface area contributed by atoms with Crippen molar-refractivity contribution < 1.29 is 22.7 Å². The zero-order chi connectivity index (χ0) is 17.3. The highest BCUT2D eigenvalue weighted by molar-refractivity contribution is 7.89. The summed E-state index contributed by atoms with van der Waals surface area (Å²) >= 11 is 0. The van der Waals surface area contributed by atoms with Crippen LogP contribution in [-0.2, 0) is 16.4 Å². The molecule has 1 atom stereocenters. The molecule has 24 heavy (non-hydrogen) atoms. The van der Waals surface area contributed by atoms with Crippen LogP contribution in [0.1, 0.15) is 22.8 Å². The summed E-state index contributed by atoms with van der Waals surface area (Å²) in [6, 6.07) is 8.78. The van der Waals surface area contributed by atoms with Gasteiger partial charge in [0.2, 0.25) is 10.0 Å². The lowest BCUT2D eigenvalue weighted by Gasteiger charge is -2.14. The van der Waals surface area contributed by atoms with Crippen molar-refractivity contribution in [1.82, 2.24) is 4.72 Å². The molecule has 0 spiro atoms. The van der Waals surface area contributed by atoms with Crippen molar-refractivity contribution in [2.75, 3.05) is 13.2 Å². The first-order valence-electron chi connectivity index (χ1n) is 7.56. The molecule has 0 saturated heterocycles.